The Morgan fingerprint density at radius 1 is 0.779 bits per heavy atom. The first-order valence-electron chi connectivity index (χ1n) is 32.9. The van der Waals surface area contributed by atoms with E-state index in [-0.39, 0.29) is 49.8 Å². The third-order valence-electron chi connectivity index (χ3n) is 17.1. The summed E-state index contributed by atoms with van der Waals surface area (Å²) >= 11 is 2.26. The Hall–Kier alpha value is -7.46. The van der Waals surface area contributed by atoms with Gasteiger partial charge in [0, 0.05) is 113 Å². The minimum atomic E-state index is -3.09. The zero-order valence-electron chi connectivity index (χ0n) is 54.5. The maximum atomic E-state index is 14.0. The Kier molecular flexibility index (Phi) is 33.4. The molecule has 6 amide bonds. The molecule has 0 unspecified atom stereocenters. The Morgan fingerprint density at radius 3 is 2.12 bits per heavy atom. The molecule has 3 aromatic rings. The molecule has 4 heterocycles. The number of unbranched alkanes of at least 4 members (excludes halogenated alkanes) is 4. The van der Waals surface area contributed by atoms with Crippen molar-refractivity contribution in [3.63, 3.8) is 0 Å². The van der Waals surface area contributed by atoms with Gasteiger partial charge in [0.2, 0.25) is 29.5 Å². The van der Waals surface area contributed by atoms with Crippen LogP contribution in [-0.4, -0.2) is 242 Å². The van der Waals surface area contributed by atoms with E-state index in [0.29, 0.717) is 184 Å². The van der Waals surface area contributed by atoms with Crippen molar-refractivity contribution in [2.24, 2.45) is 10.9 Å². The fourth-order valence-electron chi connectivity index (χ4n) is 11.7. The van der Waals surface area contributed by atoms with Gasteiger partial charge in [-0.25, -0.2) is 8.78 Å². The second-order valence-corrected chi connectivity index (χ2v) is 25.6. The maximum absolute atomic E-state index is 14.0. The number of hydrogen-bond donors (Lipinski definition) is 5. The number of aliphatic carboxylic acids is 1. The van der Waals surface area contributed by atoms with E-state index in [9.17, 15) is 57.0 Å². The minimum absolute atomic E-state index is 0.00355. The molecule has 5 N–H and O–H groups in total. The molecule has 6 rings (SSSR count). The van der Waals surface area contributed by atoms with Gasteiger partial charge in [-0.1, -0.05) is 30.9 Å². The van der Waals surface area contributed by atoms with Gasteiger partial charge in [-0.3, -0.25) is 72.7 Å². The molecule has 1 aromatic heterocycles. The summed E-state index contributed by atoms with van der Waals surface area (Å²) < 4.78 is 45.2. The molecular weight excluding hydrogens is 1350 g/mol. The van der Waals surface area contributed by atoms with E-state index in [1.807, 2.05) is 31.7 Å². The van der Waals surface area contributed by atoms with Gasteiger partial charge in [0.1, 0.15) is 25.3 Å². The van der Waals surface area contributed by atoms with Crippen LogP contribution >= 0.6 is 22.6 Å². The molecule has 0 saturated carbocycles. The molecule has 0 radical (unpaired) electrons. The Labute approximate surface area is 568 Å². The summed E-state index contributed by atoms with van der Waals surface area (Å²) in [5.41, 5.74) is 1.96. The van der Waals surface area contributed by atoms with E-state index in [1.165, 1.54) is 17.8 Å². The number of alkyl halides is 2. The van der Waals surface area contributed by atoms with Crippen LogP contribution in [0.25, 0.3) is 10.9 Å². The standard InChI is InChI=1S/C67H93F2IN12O13/c1-3-54-41-67(68,69)45-82(54)63(88)42-74-65(91)56-23-28-72-58-22-21-55(40-57(56)58)95-39-10-7-12-52-24-29-81(30-25-52)62(87)16-5-4-8-27-73-66(92)59(14-6-9-26-71-50(2)75-60(85)15-11-13-51-17-19-53(70)20-18-51)76-61(86)43-77-31-32-78(44-64(89)90)34-36-80(47-94-49-84)38-37-79(35-33-77)46-93-48-83/h1,17-23,28,40,48-49,52,54,59H,4-16,24-27,29-39,41-47H2,2H3,(H,73,92)(H,74,91)(H,76,86)(H,89,90)(H,71,75,85)/t54-,59-/m0/s1. The summed E-state index contributed by atoms with van der Waals surface area (Å²) in [6.07, 6.45) is 16.4. The number of aryl methyl sites for hydroxylation is 1. The van der Waals surface area contributed by atoms with Crippen molar-refractivity contribution in [2.45, 2.75) is 128 Å². The summed E-state index contributed by atoms with van der Waals surface area (Å²) in [6.45, 7) is 6.14. The number of aromatic nitrogens is 1. The van der Waals surface area contributed by atoms with Gasteiger partial charge in [-0.15, -0.1) is 6.42 Å². The molecule has 3 fully saturated rings. The number of terminal acetylenes is 1. The highest BCUT2D eigenvalue weighted by atomic mass is 127. The molecule has 520 valence electrons. The van der Waals surface area contributed by atoms with Crippen LogP contribution in [0.15, 0.2) is 59.7 Å². The third kappa shape index (κ3) is 28.4. The van der Waals surface area contributed by atoms with E-state index in [0.717, 1.165) is 47.0 Å². The van der Waals surface area contributed by atoms with Crippen LogP contribution in [-0.2, 0) is 54.3 Å². The summed E-state index contributed by atoms with van der Waals surface area (Å²) in [7, 11) is 0. The first kappa shape index (κ1) is 76.6. The van der Waals surface area contributed by atoms with Crippen LogP contribution in [0, 0.1) is 21.8 Å². The van der Waals surface area contributed by atoms with E-state index in [4.69, 9.17) is 20.6 Å². The van der Waals surface area contributed by atoms with Crippen molar-refractivity contribution < 1.29 is 71.2 Å². The van der Waals surface area contributed by atoms with E-state index >= 15 is 0 Å². The number of halogens is 3. The molecule has 28 heteroatoms. The van der Waals surface area contributed by atoms with Crippen LogP contribution in [0.3, 0.4) is 0 Å². The van der Waals surface area contributed by atoms with Crippen LogP contribution in [0.1, 0.15) is 119 Å². The van der Waals surface area contributed by atoms with Crippen LogP contribution in [0.5, 0.6) is 5.75 Å². The van der Waals surface area contributed by atoms with Gasteiger partial charge in [0.15, 0.2) is 0 Å². The SMILES string of the molecule is C#C[C@H]1CC(F)(F)CN1C(=O)CNC(=O)c1ccnc2ccc(OCCCCC3CCN(C(=O)CCCCCNC(=O)[C@H](CCCC/N=C(\C)NC(=O)CCCc4ccc(I)cc4)NC(=O)CN4CCN(COC=O)CCN(COC=O)CCN(CC(=O)O)CC4)CC3)cc12. The highest BCUT2D eigenvalue weighted by molar-refractivity contribution is 14.1. The van der Waals surface area contributed by atoms with Crippen molar-refractivity contribution in [1.82, 2.24) is 55.7 Å². The topological polar surface area (TPSA) is 294 Å². The molecule has 0 bridgehead atoms. The number of pyridine rings is 1. The lowest BCUT2D eigenvalue weighted by atomic mass is 9.91. The van der Waals surface area contributed by atoms with Gasteiger partial charge >= 0.3 is 5.97 Å². The van der Waals surface area contributed by atoms with Crippen molar-refractivity contribution in [1.29, 1.82) is 0 Å². The number of nitrogens with zero attached hydrogens (tertiary/aromatic N) is 8. The number of amidine groups is 1. The zero-order chi connectivity index (χ0) is 68.4. The molecule has 3 saturated heterocycles. The summed E-state index contributed by atoms with van der Waals surface area (Å²) in [5.74, 6) is -2.39. The Bertz CT molecular complexity index is 3060. The number of rotatable bonds is 36. The normalized spacial score (nSPS) is 17.5. The number of ether oxygens (including phenoxy) is 3. The van der Waals surface area contributed by atoms with Gasteiger partial charge in [-0.2, -0.15) is 0 Å². The fourth-order valence-corrected chi connectivity index (χ4v) is 12.1. The molecule has 0 aliphatic carbocycles. The number of likely N-dealkylation sites (tertiary alicyclic amines) is 2. The lowest BCUT2D eigenvalue weighted by molar-refractivity contribution is -0.139. The van der Waals surface area contributed by atoms with E-state index in [2.05, 4.69) is 71.9 Å². The molecule has 25 nitrogen and oxygen atoms in total. The van der Waals surface area contributed by atoms with E-state index in [1.54, 1.807) is 30.0 Å². The Morgan fingerprint density at radius 2 is 1.45 bits per heavy atom. The number of hydrogen-bond acceptors (Lipinski definition) is 18. The number of benzene rings is 2. The summed E-state index contributed by atoms with van der Waals surface area (Å²) in [4.78, 5) is 133. The lowest BCUT2D eigenvalue weighted by Crippen LogP contribution is -2.52. The monoisotopic (exact) mass is 1440 g/mol. The van der Waals surface area contributed by atoms with Gasteiger partial charge in [-0.05, 0) is 148 Å². The highest BCUT2D eigenvalue weighted by Crippen LogP contribution is 2.32. The number of carbonyl (C=O) groups is 9. The van der Waals surface area contributed by atoms with Crippen LogP contribution < -0.4 is 26.0 Å². The molecule has 95 heavy (non-hydrogen) atoms. The quantitative estimate of drug-likeness (QED) is 0.0132. The highest BCUT2D eigenvalue weighted by Gasteiger charge is 2.46. The number of amides is 6. The fraction of sp³-hybridized carbons (Fsp3) is 0.597. The molecular formula is C67H93F2IN12O13. The largest absolute Gasteiger partial charge is 0.494 e. The van der Waals surface area contributed by atoms with Crippen molar-refractivity contribution in [3.8, 4) is 18.1 Å². The van der Waals surface area contributed by atoms with Gasteiger partial charge in [0.25, 0.3) is 24.8 Å². The Balaban J connectivity index is 0.918. The summed E-state index contributed by atoms with van der Waals surface area (Å²) in [6, 6.07) is 13.0. The zero-order valence-corrected chi connectivity index (χ0v) is 56.6. The first-order chi connectivity index (χ1) is 45.8. The maximum Gasteiger partial charge on any atom is 0.317 e. The first-order valence-corrected chi connectivity index (χ1v) is 33.9. The predicted molar refractivity (Wildman–Crippen MR) is 360 cm³/mol. The van der Waals surface area contributed by atoms with Crippen molar-refractivity contribution in [2.75, 3.05) is 125 Å². The third-order valence-corrected chi connectivity index (χ3v) is 17.8. The van der Waals surface area contributed by atoms with E-state index < -0.39 is 61.2 Å². The molecule has 2 aromatic carbocycles. The van der Waals surface area contributed by atoms with Gasteiger partial charge in [0.05, 0.1) is 55.7 Å². The van der Waals surface area contributed by atoms with Crippen molar-refractivity contribution >= 4 is 93.7 Å². The number of fused-ring (bicyclic) bond motifs is 1. The van der Waals surface area contributed by atoms with Gasteiger partial charge < -0.3 is 50.4 Å². The number of carboxylic acid groups (broad SMARTS) is 1. The van der Waals surface area contributed by atoms with Crippen LogP contribution in [0.2, 0.25) is 0 Å². The second kappa shape index (κ2) is 41.5. The average molecular weight is 1440 g/mol. The van der Waals surface area contributed by atoms with Crippen LogP contribution in [0.4, 0.5) is 8.78 Å². The molecule has 3 aliphatic heterocycles. The second-order valence-electron chi connectivity index (χ2n) is 24.3. The number of piperidine rings is 1. The lowest BCUT2D eigenvalue weighted by Gasteiger charge is -2.33. The molecule has 0 spiro atoms. The summed E-state index contributed by atoms with van der Waals surface area (Å²) in [5, 5.41) is 21.6. The number of nitrogens with one attached hydrogen (secondary N) is 4. The molecule has 2 atom stereocenters. The predicted octanol–water partition coefficient (Wildman–Crippen LogP) is 4.68. The average Bonchev–Trinajstić information content (AvgIpc) is 1.66. The number of aliphatic imine (C=N–C) groups is 1. The van der Waals surface area contributed by atoms with Crippen molar-refractivity contribution in [3.05, 3.63) is 69.4 Å². The number of carbonyl (C=O) groups excluding carboxylic acids is 8. The molecule has 3 aliphatic rings. The minimum Gasteiger partial charge on any atom is -0.494 e. The smallest absolute Gasteiger partial charge is 0.317 e. The number of carboxylic acids is 1.